The molecular weight excluding hydrogens is 253 g/mol. The molecule has 0 aliphatic rings. The Labute approximate surface area is 110 Å². The van der Waals surface area contributed by atoms with Crippen LogP contribution in [0.5, 0.6) is 0 Å². The van der Waals surface area contributed by atoms with Gasteiger partial charge in [0, 0.05) is 24.2 Å². The molecule has 1 aromatic carbocycles. The Kier molecular flexibility index (Phi) is 5.46. The van der Waals surface area contributed by atoms with Crippen LogP contribution in [0.4, 0.5) is 10.1 Å². The van der Waals surface area contributed by atoms with E-state index in [4.69, 9.17) is 11.0 Å². The van der Waals surface area contributed by atoms with Crippen molar-refractivity contribution in [3.8, 4) is 6.07 Å². The Hall–Kier alpha value is -1.74. The van der Waals surface area contributed by atoms with E-state index in [1.807, 2.05) is 6.07 Å². The number of anilines is 1. The summed E-state index contributed by atoms with van der Waals surface area (Å²) in [5, 5.41) is 8.41. The highest BCUT2D eigenvalue weighted by atomic mass is 32.2. The van der Waals surface area contributed by atoms with Crippen molar-refractivity contribution >= 4 is 23.4 Å². The van der Waals surface area contributed by atoms with E-state index >= 15 is 0 Å². The summed E-state index contributed by atoms with van der Waals surface area (Å²) >= 11 is 1.12. The summed E-state index contributed by atoms with van der Waals surface area (Å²) in [7, 11) is 1.62. The van der Waals surface area contributed by atoms with Gasteiger partial charge in [-0.15, -0.1) is 11.8 Å². The minimum Gasteiger partial charge on any atom is -0.399 e. The molecule has 18 heavy (non-hydrogen) atoms. The van der Waals surface area contributed by atoms with Crippen molar-refractivity contribution in [3.63, 3.8) is 0 Å². The van der Waals surface area contributed by atoms with Gasteiger partial charge in [0.1, 0.15) is 5.82 Å². The molecule has 1 amide bonds. The number of carbonyl (C=O) groups excluding carboxylic acids is 1. The van der Waals surface area contributed by atoms with E-state index in [1.165, 1.54) is 11.0 Å². The van der Waals surface area contributed by atoms with Gasteiger partial charge in [-0.2, -0.15) is 5.26 Å². The zero-order valence-electron chi connectivity index (χ0n) is 10.0. The minimum absolute atomic E-state index is 0.133. The molecular formula is C12H14FN3OS. The first-order valence-corrected chi connectivity index (χ1v) is 6.32. The van der Waals surface area contributed by atoms with E-state index in [0.717, 1.165) is 11.8 Å². The number of nitrogen functional groups attached to an aromatic ring is 1. The zero-order chi connectivity index (χ0) is 13.5. The molecule has 6 heteroatoms. The molecule has 0 spiro atoms. The fraction of sp³-hybridized carbons (Fsp3) is 0.333. The number of amides is 1. The normalized spacial score (nSPS) is 9.83. The lowest BCUT2D eigenvalue weighted by atomic mass is 10.3. The summed E-state index contributed by atoms with van der Waals surface area (Å²) in [4.78, 5) is 13.5. The first kappa shape index (κ1) is 14.3. The van der Waals surface area contributed by atoms with Crippen LogP contribution in [-0.4, -0.2) is 30.2 Å². The van der Waals surface area contributed by atoms with Crippen LogP contribution in [0, 0.1) is 17.1 Å². The molecule has 0 atom stereocenters. The van der Waals surface area contributed by atoms with Crippen molar-refractivity contribution in [2.75, 3.05) is 25.1 Å². The van der Waals surface area contributed by atoms with Crippen molar-refractivity contribution < 1.29 is 9.18 Å². The standard InChI is InChI=1S/C12H14FN3OS/c1-16(6-2-5-14)12(17)8-18-11-4-3-9(15)7-10(11)13/h3-4,7H,2,6,8,15H2,1H3. The fourth-order valence-electron chi connectivity index (χ4n) is 1.23. The third-order valence-electron chi connectivity index (χ3n) is 2.29. The topological polar surface area (TPSA) is 70.1 Å². The number of rotatable bonds is 5. The highest BCUT2D eigenvalue weighted by Crippen LogP contribution is 2.23. The molecule has 0 unspecified atom stereocenters. The number of nitrogens with zero attached hydrogens (tertiary/aromatic N) is 2. The molecule has 0 aliphatic carbocycles. The third kappa shape index (κ3) is 4.26. The first-order chi connectivity index (χ1) is 8.54. The van der Waals surface area contributed by atoms with Gasteiger partial charge in [0.05, 0.1) is 18.2 Å². The lowest BCUT2D eigenvalue weighted by Crippen LogP contribution is -2.29. The summed E-state index contributed by atoms with van der Waals surface area (Å²) < 4.78 is 13.4. The maximum Gasteiger partial charge on any atom is 0.232 e. The van der Waals surface area contributed by atoms with E-state index in [9.17, 15) is 9.18 Å². The van der Waals surface area contributed by atoms with Crippen molar-refractivity contribution in [3.05, 3.63) is 24.0 Å². The Morgan fingerprint density at radius 2 is 2.33 bits per heavy atom. The van der Waals surface area contributed by atoms with Crippen molar-refractivity contribution in [1.29, 1.82) is 5.26 Å². The van der Waals surface area contributed by atoms with Crippen LogP contribution >= 0.6 is 11.8 Å². The Morgan fingerprint density at radius 1 is 1.61 bits per heavy atom. The molecule has 2 N–H and O–H groups in total. The van der Waals surface area contributed by atoms with Gasteiger partial charge in [0.25, 0.3) is 0 Å². The lowest BCUT2D eigenvalue weighted by molar-refractivity contribution is -0.127. The van der Waals surface area contributed by atoms with Crippen LogP contribution in [0.15, 0.2) is 23.1 Å². The quantitative estimate of drug-likeness (QED) is 0.653. The second-order valence-corrected chi connectivity index (χ2v) is 4.72. The molecule has 0 fully saturated rings. The van der Waals surface area contributed by atoms with Gasteiger partial charge in [-0.1, -0.05) is 0 Å². The molecule has 1 rings (SSSR count). The summed E-state index contributed by atoms with van der Waals surface area (Å²) in [6.07, 6.45) is 0.295. The molecule has 0 saturated carbocycles. The second kappa shape index (κ2) is 6.87. The summed E-state index contributed by atoms with van der Waals surface area (Å²) in [5.74, 6) is -0.415. The highest BCUT2D eigenvalue weighted by Gasteiger charge is 2.10. The van der Waals surface area contributed by atoms with Crippen LogP contribution < -0.4 is 5.73 Å². The maximum absolute atomic E-state index is 13.4. The molecule has 0 bridgehead atoms. The summed E-state index contributed by atoms with van der Waals surface area (Å²) in [6.45, 7) is 0.389. The maximum atomic E-state index is 13.4. The van der Waals surface area contributed by atoms with Gasteiger partial charge in [-0.25, -0.2) is 4.39 Å². The van der Waals surface area contributed by atoms with E-state index in [-0.39, 0.29) is 11.7 Å². The van der Waals surface area contributed by atoms with E-state index in [1.54, 1.807) is 19.2 Å². The van der Waals surface area contributed by atoms with Crippen LogP contribution in [0.25, 0.3) is 0 Å². The number of nitriles is 1. The Bertz CT molecular complexity index is 473. The third-order valence-corrected chi connectivity index (χ3v) is 3.33. The predicted octanol–water partition coefficient (Wildman–Crippen LogP) is 1.87. The molecule has 0 aliphatic heterocycles. The van der Waals surface area contributed by atoms with Crippen molar-refractivity contribution in [1.82, 2.24) is 4.90 Å². The molecule has 1 aromatic rings. The zero-order valence-corrected chi connectivity index (χ0v) is 10.8. The first-order valence-electron chi connectivity index (χ1n) is 5.33. The molecule has 0 saturated heterocycles. The number of benzene rings is 1. The smallest absolute Gasteiger partial charge is 0.232 e. The van der Waals surface area contributed by atoms with Gasteiger partial charge < -0.3 is 10.6 Å². The average Bonchev–Trinajstić information content (AvgIpc) is 2.34. The Balaban J connectivity index is 2.50. The highest BCUT2D eigenvalue weighted by molar-refractivity contribution is 8.00. The molecule has 0 radical (unpaired) electrons. The fourth-order valence-corrected chi connectivity index (χ4v) is 2.09. The SMILES string of the molecule is CN(CCC#N)C(=O)CSc1ccc(N)cc1F. The van der Waals surface area contributed by atoms with Crippen LogP contribution in [0.1, 0.15) is 6.42 Å². The number of halogens is 1. The predicted molar refractivity (Wildman–Crippen MR) is 69.4 cm³/mol. The van der Waals surface area contributed by atoms with Gasteiger partial charge in [0.2, 0.25) is 5.91 Å². The largest absolute Gasteiger partial charge is 0.399 e. The number of hydrogen-bond acceptors (Lipinski definition) is 4. The lowest BCUT2D eigenvalue weighted by Gasteiger charge is -2.15. The van der Waals surface area contributed by atoms with E-state index in [2.05, 4.69) is 0 Å². The van der Waals surface area contributed by atoms with Gasteiger partial charge in [-0.3, -0.25) is 4.79 Å². The van der Waals surface area contributed by atoms with Crippen LogP contribution in [0.2, 0.25) is 0 Å². The molecule has 96 valence electrons. The van der Waals surface area contributed by atoms with Gasteiger partial charge in [0.15, 0.2) is 0 Å². The van der Waals surface area contributed by atoms with Crippen molar-refractivity contribution in [2.45, 2.75) is 11.3 Å². The molecule has 4 nitrogen and oxygen atoms in total. The molecule has 0 heterocycles. The number of nitrogens with two attached hydrogens (primary N) is 1. The Morgan fingerprint density at radius 3 is 2.94 bits per heavy atom. The summed E-state index contributed by atoms with van der Waals surface area (Å²) in [6, 6.07) is 6.34. The number of thioether (sulfide) groups is 1. The van der Waals surface area contributed by atoms with Crippen LogP contribution in [0.3, 0.4) is 0 Å². The second-order valence-electron chi connectivity index (χ2n) is 3.70. The number of carbonyl (C=O) groups is 1. The summed E-state index contributed by atoms with van der Waals surface area (Å²) in [5.41, 5.74) is 5.79. The van der Waals surface area contributed by atoms with Crippen LogP contribution in [-0.2, 0) is 4.79 Å². The van der Waals surface area contributed by atoms with Crippen molar-refractivity contribution in [2.24, 2.45) is 0 Å². The average molecular weight is 267 g/mol. The molecule has 0 aromatic heterocycles. The monoisotopic (exact) mass is 267 g/mol. The van der Waals surface area contributed by atoms with Gasteiger partial charge >= 0.3 is 0 Å². The van der Waals surface area contributed by atoms with E-state index in [0.29, 0.717) is 23.5 Å². The van der Waals surface area contributed by atoms with E-state index < -0.39 is 5.82 Å². The van der Waals surface area contributed by atoms with Gasteiger partial charge in [-0.05, 0) is 18.2 Å². The minimum atomic E-state index is -0.424. The number of hydrogen-bond donors (Lipinski definition) is 1.